The van der Waals surface area contributed by atoms with Gasteiger partial charge in [-0.1, -0.05) is 18.2 Å². The molecule has 1 atom stereocenters. The number of rotatable bonds is 6. The van der Waals surface area contributed by atoms with Crippen molar-refractivity contribution in [1.82, 2.24) is 5.32 Å². The van der Waals surface area contributed by atoms with Crippen molar-refractivity contribution in [2.45, 2.75) is 45.9 Å². The molecular weight excluding hydrogens is 403 g/mol. The van der Waals surface area contributed by atoms with Gasteiger partial charge in [0.1, 0.15) is 6.61 Å². The van der Waals surface area contributed by atoms with Crippen molar-refractivity contribution >= 4 is 11.9 Å². The Balaban J connectivity index is 2.74. The van der Waals surface area contributed by atoms with Gasteiger partial charge in [-0.15, -0.1) is 0 Å². The summed E-state index contributed by atoms with van der Waals surface area (Å²) in [5.41, 5.74) is -0.975. The summed E-state index contributed by atoms with van der Waals surface area (Å²) >= 11 is 0. The van der Waals surface area contributed by atoms with Gasteiger partial charge in [-0.3, -0.25) is 0 Å². The van der Waals surface area contributed by atoms with Crippen LogP contribution in [0.4, 0.5) is 13.2 Å². The summed E-state index contributed by atoms with van der Waals surface area (Å²) in [6.07, 6.45) is -5.23. The van der Waals surface area contributed by atoms with Crippen LogP contribution in [0.2, 0.25) is 0 Å². The minimum absolute atomic E-state index is 0.109. The average Bonchev–Trinajstić information content (AvgIpc) is 2.64. The number of carbonyl (C=O) groups excluding carboxylic acids is 2. The maximum atomic E-state index is 13.8. The van der Waals surface area contributed by atoms with Crippen molar-refractivity contribution in [3.05, 3.63) is 57.9 Å². The van der Waals surface area contributed by atoms with Crippen LogP contribution < -0.4 is 5.32 Å². The highest BCUT2D eigenvalue weighted by Crippen LogP contribution is 2.44. The monoisotopic (exact) mass is 427 g/mol. The van der Waals surface area contributed by atoms with Gasteiger partial charge in [0.2, 0.25) is 0 Å². The Hall–Kier alpha value is -2.81. The van der Waals surface area contributed by atoms with E-state index in [0.717, 1.165) is 6.07 Å². The van der Waals surface area contributed by atoms with Crippen LogP contribution in [-0.2, 0) is 25.2 Å². The van der Waals surface area contributed by atoms with E-state index >= 15 is 0 Å². The minimum Gasteiger partial charge on any atom is -0.460 e. The molecule has 1 aromatic carbocycles. The second-order valence-corrected chi connectivity index (χ2v) is 7.03. The first-order chi connectivity index (χ1) is 14.0. The first-order valence-corrected chi connectivity index (χ1v) is 9.32. The summed E-state index contributed by atoms with van der Waals surface area (Å²) in [6, 6.07) is 4.75. The van der Waals surface area contributed by atoms with E-state index in [2.05, 4.69) is 5.32 Å². The molecule has 0 amide bonds. The number of hydrogen-bond acceptors (Lipinski definition) is 6. The Kier molecular flexibility index (Phi) is 7.30. The molecule has 0 aliphatic carbocycles. The fourth-order valence-electron chi connectivity index (χ4n) is 3.35. The van der Waals surface area contributed by atoms with Crippen LogP contribution in [0.25, 0.3) is 0 Å². The van der Waals surface area contributed by atoms with Crippen LogP contribution in [-0.4, -0.2) is 36.4 Å². The highest BCUT2D eigenvalue weighted by atomic mass is 19.4. The zero-order valence-corrected chi connectivity index (χ0v) is 17.1. The Morgan fingerprint density at radius 1 is 1.10 bits per heavy atom. The van der Waals surface area contributed by atoms with E-state index in [1.165, 1.54) is 32.0 Å². The molecule has 0 bridgehead atoms. The van der Waals surface area contributed by atoms with Gasteiger partial charge in [-0.05, 0) is 39.3 Å². The summed E-state index contributed by atoms with van der Waals surface area (Å²) in [6.45, 7) is 5.47. The lowest BCUT2D eigenvalue weighted by atomic mass is 9.78. The van der Waals surface area contributed by atoms with Crippen molar-refractivity contribution in [2.24, 2.45) is 0 Å². The summed E-state index contributed by atoms with van der Waals surface area (Å²) in [7, 11) is 0. The van der Waals surface area contributed by atoms with Crippen LogP contribution in [0.3, 0.4) is 0 Å². The van der Waals surface area contributed by atoms with Gasteiger partial charge in [0.15, 0.2) is 0 Å². The lowest BCUT2D eigenvalue weighted by molar-refractivity contribution is -0.144. The summed E-state index contributed by atoms with van der Waals surface area (Å²) < 4.78 is 51.5. The van der Waals surface area contributed by atoms with E-state index in [1.807, 2.05) is 0 Å². The van der Waals surface area contributed by atoms with Crippen LogP contribution >= 0.6 is 0 Å². The normalized spacial score (nSPS) is 17.2. The maximum Gasteiger partial charge on any atom is 0.416 e. The first kappa shape index (κ1) is 23.5. The number of halogens is 3. The molecule has 0 saturated carbocycles. The van der Waals surface area contributed by atoms with Crippen LogP contribution in [0, 0.1) is 0 Å². The largest absolute Gasteiger partial charge is 0.460 e. The maximum absolute atomic E-state index is 13.8. The van der Waals surface area contributed by atoms with E-state index in [0.29, 0.717) is 0 Å². The highest BCUT2D eigenvalue weighted by molar-refractivity contribution is 6.00. The number of esters is 2. The highest BCUT2D eigenvalue weighted by Gasteiger charge is 2.43. The molecule has 2 N–H and O–H groups in total. The molecule has 2 rings (SSSR count). The molecule has 30 heavy (non-hydrogen) atoms. The number of ether oxygens (including phenoxy) is 2. The molecule has 6 nitrogen and oxygen atoms in total. The number of hydrogen-bond donors (Lipinski definition) is 2. The lowest BCUT2D eigenvalue weighted by Gasteiger charge is -2.32. The number of aliphatic hydroxyl groups is 1. The molecule has 0 saturated heterocycles. The molecule has 1 aliphatic rings. The molecule has 0 fully saturated rings. The molecular formula is C21H24F3NO5. The quantitative estimate of drug-likeness (QED) is 0.677. The molecule has 1 aromatic rings. The summed E-state index contributed by atoms with van der Waals surface area (Å²) in [5, 5.41) is 11.8. The zero-order valence-electron chi connectivity index (χ0n) is 17.1. The predicted molar refractivity (Wildman–Crippen MR) is 102 cm³/mol. The fraction of sp³-hybridized carbons (Fsp3) is 0.429. The van der Waals surface area contributed by atoms with Gasteiger partial charge in [-0.2, -0.15) is 13.2 Å². The van der Waals surface area contributed by atoms with Gasteiger partial charge < -0.3 is 19.9 Å². The number of benzene rings is 1. The number of allylic oxidation sites excluding steroid dienone is 2. The van der Waals surface area contributed by atoms with Gasteiger partial charge in [0, 0.05) is 11.4 Å². The average molecular weight is 427 g/mol. The summed E-state index contributed by atoms with van der Waals surface area (Å²) in [4.78, 5) is 25.6. The number of aliphatic hydroxyl groups excluding tert-OH is 1. The van der Waals surface area contributed by atoms with Crippen molar-refractivity contribution < 1.29 is 37.3 Å². The van der Waals surface area contributed by atoms with Crippen molar-refractivity contribution in [3.63, 3.8) is 0 Å². The van der Waals surface area contributed by atoms with Crippen LogP contribution in [0.1, 0.15) is 44.7 Å². The zero-order chi connectivity index (χ0) is 22.6. The second kappa shape index (κ2) is 9.34. The Morgan fingerprint density at radius 2 is 1.67 bits per heavy atom. The predicted octanol–water partition coefficient (Wildman–Crippen LogP) is 3.43. The van der Waals surface area contributed by atoms with Gasteiger partial charge in [0.05, 0.1) is 35.3 Å². The SMILES string of the molecule is CC1=C(C(=O)OCCO)C(c2ccccc2C(F)(F)F)C(C(=O)OC(C)C)=C(C)N1. The van der Waals surface area contributed by atoms with Crippen molar-refractivity contribution in [3.8, 4) is 0 Å². The summed E-state index contributed by atoms with van der Waals surface area (Å²) in [5.74, 6) is -3.13. The number of dihydropyridines is 1. The van der Waals surface area contributed by atoms with Crippen molar-refractivity contribution in [1.29, 1.82) is 0 Å². The van der Waals surface area contributed by atoms with E-state index in [-0.39, 0.29) is 34.7 Å². The molecule has 9 heteroatoms. The van der Waals surface area contributed by atoms with E-state index in [9.17, 15) is 22.8 Å². The minimum atomic E-state index is -4.71. The number of carbonyl (C=O) groups is 2. The van der Waals surface area contributed by atoms with Gasteiger partial charge >= 0.3 is 18.1 Å². The first-order valence-electron chi connectivity index (χ1n) is 9.32. The fourth-order valence-corrected chi connectivity index (χ4v) is 3.35. The van der Waals surface area contributed by atoms with Gasteiger partial charge in [0.25, 0.3) is 0 Å². The van der Waals surface area contributed by atoms with Crippen molar-refractivity contribution in [2.75, 3.05) is 13.2 Å². The topological polar surface area (TPSA) is 84.9 Å². The molecule has 1 heterocycles. The Bertz CT molecular complexity index is 887. The molecule has 164 valence electrons. The number of nitrogens with one attached hydrogen (secondary N) is 1. The van der Waals surface area contributed by atoms with E-state index in [4.69, 9.17) is 14.6 Å². The molecule has 0 spiro atoms. The third kappa shape index (κ3) is 5.02. The molecule has 0 radical (unpaired) electrons. The molecule has 0 aromatic heterocycles. The van der Waals surface area contributed by atoms with Crippen LogP contribution in [0.15, 0.2) is 46.8 Å². The smallest absolute Gasteiger partial charge is 0.416 e. The lowest BCUT2D eigenvalue weighted by Crippen LogP contribution is -2.34. The van der Waals surface area contributed by atoms with Crippen LogP contribution in [0.5, 0.6) is 0 Å². The van der Waals surface area contributed by atoms with E-state index in [1.54, 1.807) is 13.8 Å². The third-order valence-corrected chi connectivity index (χ3v) is 4.44. The standard InChI is InChI=1S/C21H24F3NO5/c1-11(2)30-20(28)17-13(4)25-12(3)16(19(27)29-10-9-26)18(17)14-7-5-6-8-15(14)21(22,23)24/h5-8,11,18,25-26H,9-10H2,1-4H3. The molecule has 1 aliphatic heterocycles. The Labute approximate surface area is 172 Å². The number of alkyl halides is 3. The molecule has 1 unspecified atom stereocenters. The van der Waals surface area contributed by atoms with E-state index < -0.39 is 42.3 Å². The second-order valence-electron chi connectivity index (χ2n) is 7.03. The van der Waals surface area contributed by atoms with Gasteiger partial charge in [-0.25, -0.2) is 9.59 Å². The third-order valence-electron chi connectivity index (χ3n) is 4.44. The Morgan fingerprint density at radius 3 is 2.20 bits per heavy atom.